The van der Waals surface area contributed by atoms with E-state index >= 15 is 0 Å². The zero-order valence-corrected chi connectivity index (χ0v) is 13.2. The van der Waals surface area contributed by atoms with Crippen LogP contribution in [0.25, 0.3) is 11.1 Å². The molecule has 0 heterocycles. The summed E-state index contributed by atoms with van der Waals surface area (Å²) in [4.78, 5) is 0. The molecular formula is C22H20O. The lowest BCUT2D eigenvalue weighted by Crippen LogP contribution is -1.95. The van der Waals surface area contributed by atoms with Gasteiger partial charge in [-0.3, -0.25) is 0 Å². The lowest BCUT2D eigenvalue weighted by molar-refractivity contribution is 0.473. The second kappa shape index (κ2) is 6.97. The monoisotopic (exact) mass is 300 g/mol. The minimum absolute atomic E-state index is 0.313. The number of para-hydroxylation sites is 1. The Labute approximate surface area is 137 Å². The Morgan fingerprint density at radius 1 is 0.696 bits per heavy atom. The van der Waals surface area contributed by atoms with Crippen LogP contribution >= 0.6 is 0 Å². The fraction of sp³-hybridized carbons (Fsp3) is 0.0909. The van der Waals surface area contributed by atoms with E-state index in [-0.39, 0.29) is 0 Å². The van der Waals surface area contributed by atoms with E-state index in [0.717, 1.165) is 23.1 Å². The van der Waals surface area contributed by atoms with Crippen LogP contribution in [-0.4, -0.2) is 5.11 Å². The van der Waals surface area contributed by atoms with Crippen LogP contribution in [0.2, 0.25) is 0 Å². The molecule has 0 saturated heterocycles. The molecule has 0 aliphatic heterocycles. The average molecular weight is 300 g/mol. The first kappa shape index (κ1) is 15.1. The smallest absolute Gasteiger partial charge is 0.123 e. The van der Waals surface area contributed by atoms with Gasteiger partial charge in [0.15, 0.2) is 0 Å². The van der Waals surface area contributed by atoms with Gasteiger partial charge < -0.3 is 5.11 Å². The third kappa shape index (κ3) is 3.19. The second-order valence-corrected chi connectivity index (χ2v) is 5.46. The van der Waals surface area contributed by atoms with Crippen molar-refractivity contribution in [2.75, 3.05) is 0 Å². The Balaban J connectivity index is 2.31. The topological polar surface area (TPSA) is 20.2 Å². The molecule has 1 nitrogen and oxygen atoms in total. The maximum Gasteiger partial charge on any atom is 0.123 e. The lowest BCUT2D eigenvalue weighted by Gasteiger charge is -2.17. The number of benzene rings is 3. The zero-order valence-electron chi connectivity index (χ0n) is 13.2. The van der Waals surface area contributed by atoms with Crippen molar-refractivity contribution in [3.63, 3.8) is 0 Å². The highest BCUT2D eigenvalue weighted by molar-refractivity contribution is 5.99. The fourth-order valence-corrected chi connectivity index (χ4v) is 2.95. The van der Waals surface area contributed by atoms with Gasteiger partial charge in [0.05, 0.1) is 0 Å². The highest BCUT2D eigenvalue weighted by Crippen LogP contribution is 2.37. The predicted molar refractivity (Wildman–Crippen MR) is 97.2 cm³/mol. The van der Waals surface area contributed by atoms with Crippen LogP contribution in [0.1, 0.15) is 30.0 Å². The third-order valence-electron chi connectivity index (χ3n) is 4.01. The van der Waals surface area contributed by atoms with E-state index in [4.69, 9.17) is 0 Å². The van der Waals surface area contributed by atoms with Gasteiger partial charge in [-0.05, 0) is 34.8 Å². The summed E-state index contributed by atoms with van der Waals surface area (Å²) in [7, 11) is 0. The summed E-state index contributed by atoms with van der Waals surface area (Å²) in [5.41, 5.74) is 5.52. The summed E-state index contributed by atoms with van der Waals surface area (Å²) in [6.45, 7) is 2.16. The lowest BCUT2D eigenvalue weighted by atomic mass is 9.88. The normalized spacial score (nSPS) is 11.9. The van der Waals surface area contributed by atoms with Gasteiger partial charge in [0.2, 0.25) is 0 Å². The highest BCUT2D eigenvalue weighted by Gasteiger charge is 2.15. The van der Waals surface area contributed by atoms with Gasteiger partial charge in [-0.25, -0.2) is 0 Å². The number of allylic oxidation sites excluding steroid dienone is 1. The quantitative estimate of drug-likeness (QED) is 0.607. The van der Waals surface area contributed by atoms with Gasteiger partial charge in [-0.1, -0.05) is 85.8 Å². The Kier molecular flexibility index (Phi) is 4.58. The summed E-state index contributed by atoms with van der Waals surface area (Å²) in [5.74, 6) is 0.313. The molecule has 0 unspecified atom stereocenters. The predicted octanol–water partition coefficient (Wildman–Crippen LogP) is 5.76. The molecule has 0 atom stereocenters. The largest absolute Gasteiger partial charge is 0.507 e. The number of hydrogen-bond acceptors (Lipinski definition) is 1. The molecule has 0 spiro atoms. The summed E-state index contributed by atoms with van der Waals surface area (Å²) >= 11 is 0. The van der Waals surface area contributed by atoms with Crippen LogP contribution in [0.3, 0.4) is 0 Å². The fourth-order valence-electron chi connectivity index (χ4n) is 2.95. The van der Waals surface area contributed by atoms with E-state index in [1.165, 1.54) is 11.1 Å². The molecule has 1 N–H and O–H groups in total. The second-order valence-electron chi connectivity index (χ2n) is 5.46. The molecule has 0 aliphatic carbocycles. The highest BCUT2D eigenvalue weighted by atomic mass is 16.3. The molecule has 1 heteroatoms. The first-order valence-corrected chi connectivity index (χ1v) is 7.93. The Morgan fingerprint density at radius 2 is 1.22 bits per heavy atom. The number of rotatable bonds is 4. The van der Waals surface area contributed by atoms with Crippen molar-refractivity contribution < 1.29 is 5.11 Å². The number of aromatic hydroxyl groups is 1. The van der Waals surface area contributed by atoms with Crippen molar-refractivity contribution in [3.8, 4) is 5.75 Å². The SMILES string of the molecule is CC/C(=C(\c1ccccc1)c1ccccc1O)c1ccccc1. The molecule has 0 amide bonds. The van der Waals surface area contributed by atoms with Crippen LogP contribution in [0, 0.1) is 0 Å². The molecule has 0 bridgehead atoms. The molecule has 114 valence electrons. The van der Waals surface area contributed by atoms with Crippen LogP contribution in [0.4, 0.5) is 0 Å². The van der Waals surface area contributed by atoms with Crippen LogP contribution in [0.15, 0.2) is 84.9 Å². The van der Waals surface area contributed by atoms with Crippen molar-refractivity contribution in [1.82, 2.24) is 0 Å². The summed E-state index contributed by atoms with van der Waals surface area (Å²) in [6, 6.07) is 28.2. The van der Waals surface area contributed by atoms with Crippen LogP contribution in [0.5, 0.6) is 5.75 Å². The molecule has 3 rings (SSSR count). The van der Waals surface area contributed by atoms with Crippen molar-refractivity contribution in [1.29, 1.82) is 0 Å². The van der Waals surface area contributed by atoms with Crippen molar-refractivity contribution >= 4 is 11.1 Å². The molecule has 0 radical (unpaired) electrons. The average Bonchev–Trinajstić information content (AvgIpc) is 2.62. The standard InChI is InChI=1S/C22H20O/c1-2-19(17-11-5-3-6-12-17)22(18-13-7-4-8-14-18)20-15-9-10-16-21(20)23/h3-16,23H,2H2,1H3/b22-19-. The van der Waals surface area contributed by atoms with Crippen molar-refractivity contribution in [2.45, 2.75) is 13.3 Å². The number of hydrogen-bond donors (Lipinski definition) is 1. The Bertz CT molecular complexity index is 802. The molecule has 3 aromatic rings. The van der Waals surface area contributed by atoms with Gasteiger partial charge in [0.25, 0.3) is 0 Å². The summed E-state index contributed by atoms with van der Waals surface area (Å²) in [5, 5.41) is 10.4. The maximum atomic E-state index is 10.4. The third-order valence-corrected chi connectivity index (χ3v) is 4.01. The maximum absolute atomic E-state index is 10.4. The number of phenols is 1. The first-order valence-electron chi connectivity index (χ1n) is 7.93. The van der Waals surface area contributed by atoms with E-state index < -0.39 is 0 Å². The van der Waals surface area contributed by atoms with Gasteiger partial charge in [-0.2, -0.15) is 0 Å². The van der Waals surface area contributed by atoms with E-state index in [2.05, 4.69) is 43.3 Å². The summed E-state index contributed by atoms with van der Waals surface area (Å²) in [6.07, 6.45) is 0.891. The number of phenolic OH excluding ortho intramolecular Hbond substituents is 1. The molecule has 0 saturated carbocycles. The summed E-state index contributed by atoms with van der Waals surface area (Å²) < 4.78 is 0. The van der Waals surface area contributed by atoms with Gasteiger partial charge in [-0.15, -0.1) is 0 Å². The van der Waals surface area contributed by atoms with E-state index in [9.17, 15) is 5.11 Å². The molecule has 23 heavy (non-hydrogen) atoms. The molecule has 3 aromatic carbocycles. The Morgan fingerprint density at radius 3 is 1.78 bits per heavy atom. The van der Waals surface area contributed by atoms with E-state index in [1.54, 1.807) is 6.07 Å². The molecule has 0 aliphatic rings. The first-order chi connectivity index (χ1) is 11.3. The minimum Gasteiger partial charge on any atom is -0.507 e. The van der Waals surface area contributed by atoms with Crippen molar-refractivity contribution in [3.05, 3.63) is 102 Å². The molecule has 0 aromatic heterocycles. The van der Waals surface area contributed by atoms with E-state index in [0.29, 0.717) is 5.75 Å². The van der Waals surface area contributed by atoms with Gasteiger partial charge in [0, 0.05) is 5.56 Å². The Hall–Kier alpha value is -2.80. The zero-order chi connectivity index (χ0) is 16.1. The van der Waals surface area contributed by atoms with Crippen LogP contribution < -0.4 is 0 Å². The van der Waals surface area contributed by atoms with E-state index in [1.807, 2.05) is 42.5 Å². The minimum atomic E-state index is 0.313. The van der Waals surface area contributed by atoms with Crippen LogP contribution in [-0.2, 0) is 0 Å². The van der Waals surface area contributed by atoms with Gasteiger partial charge in [0.1, 0.15) is 5.75 Å². The molecular weight excluding hydrogens is 280 g/mol. The van der Waals surface area contributed by atoms with Crippen molar-refractivity contribution in [2.24, 2.45) is 0 Å². The molecule has 0 fully saturated rings. The van der Waals surface area contributed by atoms with Gasteiger partial charge >= 0.3 is 0 Å².